The molecule has 1 saturated heterocycles. The van der Waals surface area contributed by atoms with Crippen molar-refractivity contribution in [3.63, 3.8) is 0 Å². The number of hydrogen-bond donors (Lipinski definition) is 0. The van der Waals surface area contributed by atoms with Crippen LogP contribution in [0.15, 0.2) is 0 Å². The number of piperidine rings is 1. The molecule has 0 aliphatic carbocycles. The van der Waals surface area contributed by atoms with Crippen LogP contribution in [0.4, 0.5) is 4.79 Å². The average molecular weight is 203 g/mol. The first-order chi connectivity index (χ1) is 7.85. The van der Waals surface area contributed by atoms with E-state index in [1.807, 2.05) is 0 Å². The van der Waals surface area contributed by atoms with Crippen LogP contribution in [0, 0.1) is 5.92 Å². The van der Waals surface area contributed by atoms with Gasteiger partial charge in [-0.2, -0.15) is 0 Å². The van der Waals surface area contributed by atoms with Crippen molar-refractivity contribution in [3.8, 4) is 0 Å². The van der Waals surface area contributed by atoms with Crippen LogP contribution in [0.1, 0.15) is 46.0 Å². The normalized spacial score (nSPS) is 31.0. The number of nitrogens with zero attached hydrogens (tertiary/aromatic N) is 1. The molecule has 0 radical (unpaired) electrons. The van der Waals surface area contributed by atoms with Gasteiger partial charge in [0.2, 0.25) is 0 Å². The van der Waals surface area contributed by atoms with Gasteiger partial charge in [0.25, 0.3) is 0 Å². The van der Waals surface area contributed by atoms with E-state index >= 15 is 0 Å². The largest absolute Gasteiger partial charge is 0.444 e. The van der Waals surface area contributed by atoms with Crippen molar-refractivity contribution in [2.24, 2.45) is 5.92 Å². The maximum Gasteiger partial charge on any atom is 0.410 e. The van der Waals surface area contributed by atoms with Gasteiger partial charge in [-0.25, -0.2) is 4.79 Å². The second-order valence-corrected chi connectivity index (χ2v) is 4.65. The van der Waals surface area contributed by atoms with E-state index in [9.17, 15) is 4.79 Å². The van der Waals surface area contributed by atoms with Gasteiger partial charge in [-0.15, -0.1) is 0 Å². The quantitative estimate of drug-likeness (QED) is 0.605. The van der Waals surface area contributed by atoms with Crippen molar-refractivity contribution in [1.29, 1.82) is 0 Å². The standard InChI is InChI=1S/C11H21NO2/c1-9-5-7-12(8-6-9)10(13)14-11(2,3)4/h9H,5-8H2,1-4H3/i7D2,8D2. The monoisotopic (exact) mass is 203 g/mol. The molecular formula is C11H21NO2. The zero-order valence-corrected chi connectivity index (χ0v) is 9.26. The number of amides is 1. The molecule has 1 fully saturated rings. The van der Waals surface area contributed by atoms with Crippen LogP contribution in [-0.2, 0) is 4.74 Å². The fourth-order valence-electron chi connectivity index (χ4n) is 1.06. The Morgan fingerprint density at radius 2 is 1.93 bits per heavy atom. The molecular weight excluding hydrogens is 178 g/mol. The van der Waals surface area contributed by atoms with E-state index in [0.29, 0.717) is 4.90 Å². The average Bonchev–Trinajstić information content (AvgIpc) is 1.90. The second-order valence-electron chi connectivity index (χ2n) is 4.65. The molecule has 14 heavy (non-hydrogen) atoms. The molecule has 0 saturated carbocycles. The Kier molecular flexibility index (Phi) is 2.01. The summed E-state index contributed by atoms with van der Waals surface area (Å²) in [5.41, 5.74) is -0.772. The highest BCUT2D eigenvalue weighted by molar-refractivity contribution is 5.68. The lowest BCUT2D eigenvalue weighted by Crippen LogP contribution is -2.41. The van der Waals surface area contributed by atoms with Gasteiger partial charge >= 0.3 is 6.09 Å². The van der Waals surface area contributed by atoms with E-state index in [1.54, 1.807) is 27.7 Å². The van der Waals surface area contributed by atoms with Crippen LogP contribution in [0.2, 0.25) is 0 Å². The molecule has 0 atom stereocenters. The lowest BCUT2D eigenvalue weighted by molar-refractivity contribution is 0.0190. The molecule has 1 amide bonds. The van der Waals surface area contributed by atoms with E-state index in [4.69, 9.17) is 10.2 Å². The zero-order chi connectivity index (χ0) is 14.4. The fraction of sp³-hybridized carbons (Fsp3) is 0.909. The Morgan fingerprint density at radius 1 is 1.43 bits per heavy atom. The molecule has 1 aliphatic heterocycles. The van der Waals surface area contributed by atoms with Gasteiger partial charge in [-0.3, -0.25) is 0 Å². The molecule has 0 aromatic rings. The molecule has 1 heterocycles. The van der Waals surface area contributed by atoms with E-state index in [0.717, 1.165) is 0 Å². The van der Waals surface area contributed by atoms with Crippen LogP contribution in [-0.4, -0.2) is 29.6 Å². The zero-order valence-electron chi connectivity index (χ0n) is 13.3. The van der Waals surface area contributed by atoms with Gasteiger partial charge < -0.3 is 9.64 Å². The highest BCUT2D eigenvalue weighted by Gasteiger charge is 2.24. The maximum absolute atomic E-state index is 12.0. The lowest BCUT2D eigenvalue weighted by Gasteiger charge is -2.32. The van der Waals surface area contributed by atoms with Crippen LogP contribution in [0.25, 0.3) is 0 Å². The van der Waals surface area contributed by atoms with Crippen LogP contribution in [0.5, 0.6) is 0 Å². The Balaban J connectivity index is 2.99. The van der Waals surface area contributed by atoms with Crippen LogP contribution in [0.3, 0.4) is 0 Å². The predicted molar refractivity (Wildman–Crippen MR) is 56.2 cm³/mol. The smallest absolute Gasteiger partial charge is 0.410 e. The SMILES string of the molecule is [2H]C1([2H])CC(C)CC([2H])([2H])N1C(=O)OC(C)(C)C. The van der Waals surface area contributed by atoms with Gasteiger partial charge in [0.15, 0.2) is 0 Å². The van der Waals surface area contributed by atoms with E-state index in [2.05, 4.69) is 0 Å². The number of likely N-dealkylation sites (tertiary alicyclic amines) is 1. The summed E-state index contributed by atoms with van der Waals surface area (Å²) in [4.78, 5) is 12.6. The predicted octanol–water partition coefficient (Wildman–Crippen LogP) is 2.65. The van der Waals surface area contributed by atoms with Crippen molar-refractivity contribution >= 4 is 6.09 Å². The molecule has 0 unspecified atom stereocenters. The third-order valence-electron chi connectivity index (χ3n) is 1.77. The summed E-state index contributed by atoms with van der Waals surface area (Å²) in [7, 11) is 0. The van der Waals surface area contributed by atoms with Crippen LogP contribution >= 0.6 is 0 Å². The van der Waals surface area contributed by atoms with Crippen molar-refractivity contribution in [2.45, 2.75) is 46.1 Å². The third-order valence-corrected chi connectivity index (χ3v) is 1.77. The summed E-state index contributed by atoms with van der Waals surface area (Å²) >= 11 is 0. The van der Waals surface area contributed by atoms with E-state index in [1.165, 1.54) is 0 Å². The first-order valence-corrected chi connectivity index (χ1v) is 4.88. The van der Waals surface area contributed by atoms with Gasteiger partial charge in [-0.1, -0.05) is 6.92 Å². The molecule has 0 spiro atoms. The fourth-order valence-corrected chi connectivity index (χ4v) is 1.06. The van der Waals surface area contributed by atoms with Gasteiger partial charge in [0, 0.05) is 18.5 Å². The first kappa shape index (κ1) is 6.70. The number of ether oxygens (including phenoxy) is 1. The number of hydrogen-bond acceptors (Lipinski definition) is 2. The molecule has 3 nitrogen and oxygen atoms in total. The summed E-state index contributed by atoms with van der Waals surface area (Å²) in [5, 5.41) is 0. The Morgan fingerprint density at radius 3 is 2.36 bits per heavy atom. The highest BCUT2D eigenvalue weighted by atomic mass is 16.6. The van der Waals surface area contributed by atoms with E-state index in [-0.39, 0.29) is 18.8 Å². The van der Waals surface area contributed by atoms with Crippen molar-refractivity contribution in [2.75, 3.05) is 13.0 Å². The summed E-state index contributed by atoms with van der Waals surface area (Å²) in [6.07, 6.45) is -0.707. The number of carbonyl (C=O) groups excluding carboxylic acids is 1. The third kappa shape index (κ3) is 3.56. The second kappa shape index (κ2) is 4.20. The lowest BCUT2D eigenvalue weighted by atomic mass is 10.00. The van der Waals surface area contributed by atoms with Crippen LogP contribution < -0.4 is 0 Å². The maximum atomic E-state index is 12.0. The minimum absolute atomic E-state index is 0.117. The van der Waals surface area contributed by atoms with Gasteiger partial charge in [0.1, 0.15) is 5.60 Å². The number of carbonyl (C=O) groups is 1. The Bertz CT molecular complexity index is 320. The highest BCUT2D eigenvalue weighted by Crippen LogP contribution is 2.18. The minimum Gasteiger partial charge on any atom is -0.444 e. The molecule has 82 valence electrons. The summed E-state index contributed by atoms with van der Waals surface area (Å²) in [6.45, 7) is 2.74. The Hall–Kier alpha value is -0.730. The summed E-state index contributed by atoms with van der Waals surface area (Å²) < 4.78 is 36.5. The molecule has 0 bridgehead atoms. The molecule has 0 aromatic carbocycles. The number of rotatable bonds is 0. The van der Waals surface area contributed by atoms with E-state index < -0.39 is 24.7 Å². The van der Waals surface area contributed by atoms with Crippen molar-refractivity contribution in [1.82, 2.24) is 4.90 Å². The van der Waals surface area contributed by atoms with Gasteiger partial charge in [0.05, 0.1) is 0 Å². The minimum atomic E-state index is -2.02. The van der Waals surface area contributed by atoms with Gasteiger partial charge in [-0.05, 0) is 39.5 Å². The first-order valence-electron chi connectivity index (χ1n) is 6.88. The van der Waals surface area contributed by atoms with Crippen molar-refractivity contribution in [3.05, 3.63) is 0 Å². The van der Waals surface area contributed by atoms with Crippen molar-refractivity contribution < 1.29 is 15.0 Å². The molecule has 0 aromatic heterocycles. The topological polar surface area (TPSA) is 29.5 Å². The molecule has 0 N–H and O–H groups in total. The molecule has 1 aliphatic rings. The molecule has 3 heteroatoms. The Labute approximate surface area is 92.0 Å². The molecule has 1 rings (SSSR count). The summed E-state index contributed by atoms with van der Waals surface area (Å²) in [5.74, 6) is -0.117. The summed E-state index contributed by atoms with van der Waals surface area (Å²) in [6, 6.07) is 0.